The Kier molecular flexibility index (Phi) is 3.42. The second-order valence-electron chi connectivity index (χ2n) is 7.55. The molecule has 0 radical (unpaired) electrons. The van der Waals surface area contributed by atoms with Gasteiger partial charge >= 0.3 is 0 Å². The minimum Gasteiger partial charge on any atom is -0.311 e. The summed E-state index contributed by atoms with van der Waals surface area (Å²) in [5, 5.41) is 3.88. The average molecular weight is 257 g/mol. The number of hydrogen-bond donors (Lipinski definition) is 1. The van der Waals surface area contributed by atoms with Gasteiger partial charge in [-0.15, -0.1) is 0 Å². The van der Waals surface area contributed by atoms with Gasteiger partial charge in [0.1, 0.15) is 0 Å². The lowest BCUT2D eigenvalue weighted by atomic mass is 9.75. The molecule has 0 saturated heterocycles. The maximum absolute atomic E-state index is 3.88. The third kappa shape index (κ3) is 3.02. The van der Waals surface area contributed by atoms with Gasteiger partial charge in [-0.3, -0.25) is 0 Å². The molecule has 2 aliphatic rings. The highest BCUT2D eigenvalue weighted by atomic mass is 15.0. The minimum atomic E-state index is 0.567. The van der Waals surface area contributed by atoms with E-state index in [-0.39, 0.29) is 0 Å². The molecule has 2 fully saturated rings. The summed E-state index contributed by atoms with van der Waals surface area (Å²) in [6.07, 6.45) is 6.79. The Balaban J connectivity index is 1.47. The van der Waals surface area contributed by atoms with Crippen LogP contribution in [-0.4, -0.2) is 12.1 Å². The fourth-order valence-corrected chi connectivity index (χ4v) is 3.78. The Bertz CT molecular complexity index is 426. The van der Waals surface area contributed by atoms with Crippen molar-refractivity contribution in [2.45, 2.75) is 70.9 Å². The molecule has 1 aromatic rings. The molecule has 0 bridgehead atoms. The van der Waals surface area contributed by atoms with Crippen LogP contribution in [0.1, 0.15) is 63.0 Å². The number of rotatable bonds is 3. The van der Waals surface area contributed by atoms with Gasteiger partial charge in [-0.2, -0.15) is 0 Å². The van der Waals surface area contributed by atoms with Crippen LogP contribution in [0, 0.1) is 12.3 Å². The van der Waals surface area contributed by atoms with Crippen molar-refractivity contribution < 1.29 is 0 Å². The summed E-state index contributed by atoms with van der Waals surface area (Å²) in [5.41, 5.74) is 3.47. The topological polar surface area (TPSA) is 12.0 Å². The van der Waals surface area contributed by atoms with Gasteiger partial charge in [-0.25, -0.2) is 0 Å². The molecule has 0 aliphatic heterocycles. The van der Waals surface area contributed by atoms with Crippen LogP contribution in [0.5, 0.6) is 0 Å². The SMILES string of the molecule is Cc1ccc(C2CC(NC3CCC(C)(C)C3)C2)cc1. The van der Waals surface area contributed by atoms with Crippen molar-refractivity contribution in [1.29, 1.82) is 0 Å². The smallest absolute Gasteiger partial charge is 0.00813 e. The van der Waals surface area contributed by atoms with E-state index in [1.165, 1.54) is 43.2 Å². The molecule has 2 saturated carbocycles. The fraction of sp³-hybridized carbons (Fsp3) is 0.667. The van der Waals surface area contributed by atoms with Gasteiger partial charge in [0.2, 0.25) is 0 Å². The lowest BCUT2D eigenvalue weighted by Crippen LogP contribution is -2.44. The monoisotopic (exact) mass is 257 g/mol. The Morgan fingerprint density at radius 3 is 2.32 bits per heavy atom. The average Bonchev–Trinajstić information content (AvgIpc) is 2.64. The first-order chi connectivity index (χ1) is 9.02. The zero-order valence-electron chi connectivity index (χ0n) is 12.6. The van der Waals surface area contributed by atoms with E-state index in [2.05, 4.69) is 50.4 Å². The van der Waals surface area contributed by atoms with Crippen molar-refractivity contribution in [2.75, 3.05) is 0 Å². The lowest BCUT2D eigenvalue weighted by molar-refractivity contribution is 0.256. The van der Waals surface area contributed by atoms with Crippen molar-refractivity contribution in [2.24, 2.45) is 5.41 Å². The third-order valence-corrected chi connectivity index (χ3v) is 5.13. The number of benzene rings is 1. The Labute approximate surface area is 117 Å². The number of aryl methyl sites for hydroxylation is 1. The molecule has 0 spiro atoms. The highest BCUT2D eigenvalue weighted by molar-refractivity contribution is 5.26. The van der Waals surface area contributed by atoms with Crippen LogP contribution in [-0.2, 0) is 0 Å². The molecule has 1 nitrogen and oxygen atoms in total. The predicted octanol–water partition coefficient (Wildman–Crippen LogP) is 4.41. The summed E-state index contributed by atoms with van der Waals surface area (Å²) in [7, 11) is 0. The van der Waals surface area contributed by atoms with E-state index in [1.807, 2.05) is 0 Å². The van der Waals surface area contributed by atoms with E-state index in [9.17, 15) is 0 Å². The molecule has 0 heterocycles. The van der Waals surface area contributed by atoms with Gasteiger partial charge in [0.25, 0.3) is 0 Å². The Morgan fingerprint density at radius 2 is 1.74 bits per heavy atom. The van der Waals surface area contributed by atoms with Crippen molar-refractivity contribution in [1.82, 2.24) is 5.32 Å². The first-order valence-corrected chi connectivity index (χ1v) is 7.84. The normalized spacial score (nSPS) is 33.1. The molecule has 0 aromatic heterocycles. The van der Waals surface area contributed by atoms with Gasteiger partial charge in [-0.1, -0.05) is 43.7 Å². The van der Waals surface area contributed by atoms with Crippen LogP contribution in [0.3, 0.4) is 0 Å². The molecule has 19 heavy (non-hydrogen) atoms. The van der Waals surface area contributed by atoms with Crippen molar-refractivity contribution in [3.63, 3.8) is 0 Å². The Morgan fingerprint density at radius 1 is 1.05 bits per heavy atom. The fourth-order valence-electron chi connectivity index (χ4n) is 3.78. The van der Waals surface area contributed by atoms with E-state index in [4.69, 9.17) is 0 Å². The van der Waals surface area contributed by atoms with E-state index >= 15 is 0 Å². The molecular formula is C18H27N. The molecule has 1 aromatic carbocycles. The number of nitrogens with one attached hydrogen (secondary N) is 1. The van der Waals surface area contributed by atoms with Crippen molar-refractivity contribution >= 4 is 0 Å². The summed E-state index contributed by atoms with van der Waals surface area (Å²) in [6.45, 7) is 6.98. The van der Waals surface area contributed by atoms with E-state index in [0.717, 1.165) is 18.0 Å². The van der Waals surface area contributed by atoms with E-state index < -0.39 is 0 Å². The minimum absolute atomic E-state index is 0.567. The summed E-state index contributed by atoms with van der Waals surface area (Å²) in [6, 6.07) is 10.7. The first kappa shape index (κ1) is 13.2. The van der Waals surface area contributed by atoms with Crippen LogP contribution in [0.4, 0.5) is 0 Å². The van der Waals surface area contributed by atoms with Gasteiger partial charge < -0.3 is 5.32 Å². The van der Waals surface area contributed by atoms with Gasteiger partial charge in [-0.05, 0) is 55.9 Å². The van der Waals surface area contributed by atoms with Crippen LogP contribution < -0.4 is 5.32 Å². The highest BCUT2D eigenvalue weighted by Crippen LogP contribution is 2.41. The maximum Gasteiger partial charge on any atom is 0.00813 e. The molecule has 1 unspecified atom stereocenters. The van der Waals surface area contributed by atoms with Crippen molar-refractivity contribution in [3.8, 4) is 0 Å². The molecule has 3 rings (SSSR count). The van der Waals surface area contributed by atoms with Gasteiger partial charge in [0.15, 0.2) is 0 Å². The first-order valence-electron chi connectivity index (χ1n) is 7.84. The van der Waals surface area contributed by atoms with Gasteiger partial charge in [0, 0.05) is 12.1 Å². The van der Waals surface area contributed by atoms with Crippen LogP contribution in [0.2, 0.25) is 0 Å². The lowest BCUT2D eigenvalue weighted by Gasteiger charge is -2.38. The second-order valence-corrected chi connectivity index (χ2v) is 7.55. The van der Waals surface area contributed by atoms with Crippen LogP contribution in [0.15, 0.2) is 24.3 Å². The van der Waals surface area contributed by atoms with Crippen LogP contribution >= 0.6 is 0 Å². The quantitative estimate of drug-likeness (QED) is 0.845. The molecule has 2 aliphatic carbocycles. The van der Waals surface area contributed by atoms with E-state index in [0.29, 0.717) is 5.41 Å². The molecule has 1 heteroatoms. The number of hydrogen-bond acceptors (Lipinski definition) is 1. The largest absolute Gasteiger partial charge is 0.311 e. The zero-order valence-corrected chi connectivity index (χ0v) is 12.6. The third-order valence-electron chi connectivity index (χ3n) is 5.13. The van der Waals surface area contributed by atoms with Crippen molar-refractivity contribution in [3.05, 3.63) is 35.4 Å². The molecule has 1 atom stereocenters. The molecule has 1 N–H and O–H groups in total. The zero-order chi connectivity index (χ0) is 13.5. The maximum atomic E-state index is 3.88. The van der Waals surface area contributed by atoms with Crippen LogP contribution in [0.25, 0.3) is 0 Å². The molecule has 0 amide bonds. The summed E-state index contributed by atoms with van der Waals surface area (Å²) >= 11 is 0. The Hall–Kier alpha value is -0.820. The van der Waals surface area contributed by atoms with Gasteiger partial charge in [0.05, 0.1) is 0 Å². The second kappa shape index (κ2) is 4.94. The standard InChI is InChI=1S/C18H27N/c1-13-4-6-14(7-5-13)15-10-17(11-15)19-16-8-9-18(2,3)12-16/h4-7,15-17,19H,8-12H2,1-3H3. The summed E-state index contributed by atoms with van der Waals surface area (Å²) < 4.78 is 0. The predicted molar refractivity (Wildman–Crippen MR) is 81.5 cm³/mol. The summed E-state index contributed by atoms with van der Waals surface area (Å²) in [5.74, 6) is 0.799. The van der Waals surface area contributed by atoms with E-state index in [1.54, 1.807) is 0 Å². The molecular weight excluding hydrogens is 230 g/mol. The highest BCUT2D eigenvalue weighted by Gasteiger charge is 2.36. The summed E-state index contributed by atoms with van der Waals surface area (Å²) in [4.78, 5) is 0. The molecule has 104 valence electrons.